The van der Waals surface area contributed by atoms with Crippen molar-refractivity contribution in [3.63, 3.8) is 0 Å². The number of ether oxygens (including phenoxy) is 1. The van der Waals surface area contributed by atoms with Gasteiger partial charge >= 0.3 is 5.97 Å². The first kappa shape index (κ1) is 9.12. The molecule has 5 heteroatoms. The van der Waals surface area contributed by atoms with Crippen LogP contribution in [0.1, 0.15) is 22.3 Å². The van der Waals surface area contributed by atoms with Crippen LogP contribution < -0.4 is 0 Å². The number of hydrogen-bond donors (Lipinski definition) is 0. The van der Waals surface area contributed by atoms with Crippen LogP contribution in [0.15, 0.2) is 5.51 Å². The molecule has 1 rings (SSSR count). The quantitative estimate of drug-likeness (QED) is 0.680. The molecule has 1 heterocycles. The van der Waals surface area contributed by atoms with E-state index >= 15 is 0 Å². The molecule has 0 aliphatic carbocycles. The maximum atomic E-state index is 12.2. The highest BCUT2D eigenvalue weighted by atomic mass is 32.1. The van der Waals surface area contributed by atoms with Crippen molar-refractivity contribution in [2.45, 2.75) is 13.6 Å². The molecule has 1 aromatic heterocycles. The summed E-state index contributed by atoms with van der Waals surface area (Å²) in [7, 11) is 0. The average molecular weight is 189 g/mol. The number of aromatic nitrogens is 1. The highest BCUT2D eigenvalue weighted by molar-refractivity contribution is 7.09. The molecule has 0 radical (unpaired) electrons. The van der Waals surface area contributed by atoms with Crippen LogP contribution >= 0.6 is 11.3 Å². The van der Waals surface area contributed by atoms with Crippen LogP contribution in [0, 0.1) is 0 Å². The van der Waals surface area contributed by atoms with Crippen molar-refractivity contribution < 1.29 is 13.9 Å². The Bertz CT molecular complexity index is 274. The van der Waals surface area contributed by atoms with Crippen LogP contribution in [-0.2, 0) is 11.4 Å². The third-order valence-electron chi connectivity index (χ3n) is 1.23. The number of carbonyl (C=O) groups excluding carboxylic acids is 1. The van der Waals surface area contributed by atoms with E-state index in [0.29, 0.717) is 4.88 Å². The number of halogens is 1. The Morgan fingerprint density at radius 1 is 1.83 bits per heavy atom. The van der Waals surface area contributed by atoms with Gasteiger partial charge in [0.2, 0.25) is 0 Å². The zero-order chi connectivity index (χ0) is 8.97. The fourth-order valence-corrected chi connectivity index (χ4v) is 1.33. The van der Waals surface area contributed by atoms with Crippen molar-refractivity contribution in [3.05, 3.63) is 16.1 Å². The number of carbonyl (C=O) groups is 1. The van der Waals surface area contributed by atoms with E-state index in [2.05, 4.69) is 9.72 Å². The van der Waals surface area contributed by atoms with Crippen molar-refractivity contribution in [1.29, 1.82) is 0 Å². The molecule has 0 unspecified atom stereocenters. The van der Waals surface area contributed by atoms with Gasteiger partial charge in [0.15, 0.2) is 5.69 Å². The first-order valence-electron chi connectivity index (χ1n) is 3.45. The molecule has 0 aromatic carbocycles. The fraction of sp³-hybridized carbons (Fsp3) is 0.429. The third kappa shape index (κ3) is 1.79. The summed E-state index contributed by atoms with van der Waals surface area (Å²) in [6.45, 7) is 1.31. The molecule has 3 nitrogen and oxygen atoms in total. The molecule has 0 aliphatic rings. The monoisotopic (exact) mass is 189 g/mol. The molecule has 0 saturated heterocycles. The summed E-state index contributed by atoms with van der Waals surface area (Å²) in [5, 5.41) is 0. The van der Waals surface area contributed by atoms with Gasteiger partial charge in [-0.05, 0) is 6.92 Å². The fourth-order valence-electron chi connectivity index (χ4n) is 0.731. The maximum Gasteiger partial charge on any atom is 0.358 e. The van der Waals surface area contributed by atoms with Gasteiger partial charge < -0.3 is 4.74 Å². The van der Waals surface area contributed by atoms with E-state index in [0.717, 1.165) is 11.3 Å². The molecule has 0 spiro atoms. The predicted molar refractivity (Wildman–Crippen MR) is 42.9 cm³/mol. The number of thiazole rings is 1. The van der Waals surface area contributed by atoms with Gasteiger partial charge in [0.25, 0.3) is 0 Å². The molecule has 0 fully saturated rings. The SMILES string of the molecule is CCOC(=O)c1ncsc1CF. The second-order valence-corrected chi connectivity index (χ2v) is 2.92. The molecule has 0 bridgehead atoms. The van der Waals surface area contributed by atoms with E-state index < -0.39 is 12.6 Å². The largest absolute Gasteiger partial charge is 0.461 e. The van der Waals surface area contributed by atoms with Crippen molar-refractivity contribution in [2.75, 3.05) is 6.61 Å². The molecule has 0 atom stereocenters. The summed E-state index contributed by atoms with van der Waals surface area (Å²) in [4.78, 5) is 15.1. The van der Waals surface area contributed by atoms with Crippen molar-refractivity contribution >= 4 is 17.3 Å². The van der Waals surface area contributed by atoms with Crippen LogP contribution in [0.2, 0.25) is 0 Å². The summed E-state index contributed by atoms with van der Waals surface area (Å²) < 4.78 is 16.8. The average Bonchev–Trinajstić information content (AvgIpc) is 2.51. The van der Waals surface area contributed by atoms with Gasteiger partial charge in [-0.3, -0.25) is 0 Å². The maximum absolute atomic E-state index is 12.2. The lowest BCUT2D eigenvalue weighted by Crippen LogP contribution is -2.06. The second kappa shape index (κ2) is 4.15. The zero-order valence-corrected chi connectivity index (χ0v) is 7.36. The van der Waals surface area contributed by atoms with E-state index in [1.807, 2.05) is 0 Å². The van der Waals surface area contributed by atoms with E-state index in [1.54, 1.807) is 6.92 Å². The Morgan fingerprint density at radius 2 is 2.58 bits per heavy atom. The summed E-state index contributed by atoms with van der Waals surface area (Å²) >= 11 is 1.12. The molecule has 66 valence electrons. The first-order chi connectivity index (χ1) is 5.79. The first-order valence-corrected chi connectivity index (χ1v) is 4.33. The zero-order valence-electron chi connectivity index (χ0n) is 6.54. The third-order valence-corrected chi connectivity index (χ3v) is 2.03. The smallest absolute Gasteiger partial charge is 0.358 e. The van der Waals surface area contributed by atoms with Crippen molar-refractivity contribution in [3.8, 4) is 0 Å². The standard InChI is InChI=1S/C7H8FNO2S/c1-2-11-7(10)6-5(3-8)12-4-9-6/h4H,2-3H2,1H3. The Morgan fingerprint density at radius 3 is 3.17 bits per heavy atom. The molecule has 0 saturated carbocycles. The number of hydrogen-bond acceptors (Lipinski definition) is 4. The highest BCUT2D eigenvalue weighted by Crippen LogP contribution is 2.15. The Balaban J connectivity index is 2.79. The van der Waals surface area contributed by atoms with Gasteiger partial charge in [-0.2, -0.15) is 0 Å². The van der Waals surface area contributed by atoms with E-state index in [1.165, 1.54) is 5.51 Å². The van der Waals surface area contributed by atoms with Crippen molar-refractivity contribution in [2.24, 2.45) is 0 Å². The normalized spacial score (nSPS) is 9.83. The van der Waals surface area contributed by atoms with Crippen LogP contribution in [0.4, 0.5) is 4.39 Å². The van der Waals surface area contributed by atoms with Gasteiger partial charge in [0, 0.05) is 0 Å². The lowest BCUT2D eigenvalue weighted by molar-refractivity contribution is 0.0518. The second-order valence-electron chi connectivity index (χ2n) is 1.98. The summed E-state index contributed by atoms with van der Waals surface area (Å²) in [6, 6.07) is 0. The topological polar surface area (TPSA) is 39.2 Å². The summed E-state index contributed by atoms with van der Waals surface area (Å²) in [6.07, 6.45) is 0. The van der Waals surface area contributed by atoms with Crippen LogP contribution in [0.25, 0.3) is 0 Å². The summed E-state index contributed by atoms with van der Waals surface area (Å²) in [5.74, 6) is -0.550. The number of alkyl halides is 1. The lowest BCUT2D eigenvalue weighted by atomic mass is 10.4. The predicted octanol–water partition coefficient (Wildman–Crippen LogP) is 1.79. The van der Waals surface area contributed by atoms with Crippen molar-refractivity contribution in [1.82, 2.24) is 4.98 Å². The minimum Gasteiger partial charge on any atom is -0.461 e. The molecule has 0 N–H and O–H groups in total. The lowest BCUT2D eigenvalue weighted by Gasteiger charge is -1.98. The van der Waals surface area contributed by atoms with Crippen LogP contribution in [0.5, 0.6) is 0 Å². The van der Waals surface area contributed by atoms with Gasteiger partial charge in [0.05, 0.1) is 17.0 Å². The van der Waals surface area contributed by atoms with Gasteiger partial charge in [-0.1, -0.05) is 0 Å². The van der Waals surface area contributed by atoms with E-state index in [9.17, 15) is 9.18 Å². The minimum absolute atomic E-state index is 0.101. The highest BCUT2D eigenvalue weighted by Gasteiger charge is 2.14. The molecule has 12 heavy (non-hydrogen) atoms. The Kier molecular flexibility index (Phi) is 3.16. The van der Waals surface area contributed by atoms with E-state index in [-0.39, 0.29) is 12.3 Å². The van der Waals surface area contributed by atoms with Crippen LogP contribution in [0.3, 0.4) is 0 Å². The Labute approximate surface area is 73.2 Å². The van der Waals surface area contributed by atoms with Gasteiger partial charge in [-0.15, -0.1) is 11.3 Å². The molecule has 0 aliphatic heterocycles. The number of nitrogens with zero attached hydrogens (tertiary/aromatic N) is 1. The molecule has 0 amide bonds. The van der Waals surface area contributed by atoms with Crippen LogP contribution in [-0.4, -0.2) is 17.6 Å². The Hall–Kier alpha value is -0.970. The van der Waals surface area contributed by atoms with E-state index in [4.69, 9.17) is 0 Å². The summed E-state index contributed by atoms with van der Waals surface area (Å²) in [5.41, 5.74) is 1.53. The minimum atomic E-state index is -0.668. The number of esters is 1. The number of rotatable bonds is 3. The molecule has 1 aromatic rings. The molecular weight excluding hydrogens is 181 g/mol. The van der Waals surface area contributed by atoms with Gasteiger partial charge in [-0.25, -0.2) is 14.2 Å². The molecular formula is C7H8FNO2S. The van der Waals surface area contributed by atoms with Gasteiger partial charge in [0.1, 0.15) is 6.67 Å².